The van der Waals surface area contributed by atoms with E-state index in [-0.39, 0.29) is 23.9 Å². The van der Waals surface area contributed by atoms with E-state index >= 15 is 0 Å². The van der Waals surface area contributed by atoms with Crippen molar-refractivity contribution in [3.05, 3.63) is 58.9 Å². The van der Waals surface area contributed by atoms with E-state index in [1.54, 1.807) is 0 Å². The lowest BCUT2D eigenvalue weighted by molar-refractivity contribution is -0.136. The highest BCUT2D eigenvalue weighted by Gasteiger charge is 2.44. The Hall–Kier alpha value is -2.57. The third kappa shape index (κ3) is 4.22. The molecule has 4 heterocycles. The molecule has 33 heavy (non-hydrogen) atoms. The second kappa shape index (κ2) is 8.99. The van der Waals surface area contributed by atoms with Crippen LogP contribution in [0.25, 0.3) is 11.0 Å². The van der Waals surface area contributed by atoms with E-state index in [0.717, 1.165) is 37.1 Å². The minimum atomic E-state index is -0.209. The number of hydrogen-bond donors (Lipinski definition) is 2. The molecule has 3 aromatic rings. The van der Waals surface area contributed by atoms with Crippen LogP contribution in [0.5, 0.6) is 0 Å². The third-order valence-electron chi connectivity index (χ3n) is 7.13. The van der Waals surface area contributed by atoms with Gasteiger partial charge in [-0.3, -0.25) is 4.79 Å². The number of nitrogens with one attached hydrogen (secondary N) is 2. The molecule has 6 nitrogen and oxygen atoms in total. The lowest BCUT2D eigenvalue weighted by Crippen LogP contribution is -2.57. The van der Waals surface area contributed by atoms with Crippen LogP contribution in [0, 0.1) is 6.92 Å². The van der Waals surface area contributed by atoms with Crippen molar-refractivity contribution in [2.24, 2.45) is 0 Å². The molecule has 2 bridgehead atoms. The van der Waals surface area contributed by atoms with Crippen molar-refractivity contribution >= 4 is 34.2 Å². The molecule has 2 N–H and O–H groups in total. The van der Waals surface area contributed by atoms with Gasteiger partial charge in [0, 0.05) is 66.2 Å². The Kier molecular flexibility index (Phi) is 6.06. The molecule has 2 aliphatic rings. The number of aromatic amines is 1. The number of amides is 1. The SMILES string of the molecule is Cc1c[nH]c2nccc(N3CC4CCC(C3)N4C(=O)[C@H](CNC(C)C)c3ccc(Cl)cc3)c12. The lowest BCUT2D eigenvalue weighted by atomic mass is 9.95. The lowest BCUT2D eigenvalue weighted by Gasteiger charge is -2.43. The summed E-state index contributed by atoms with van der Waals surface area (Å²) >= 11 is 6.12. The summed E-state index contributed by atoms with van der Waals surface area (Å²) in [6.45, 7) is 8.70. The van der Waals surface area contributed by atoms with Gasteiger partial charge >= 0.3 is 0 Å². The fourth-order valence-corrected chi connectivity index (χ4v) is 5.62. The smallest absolute Gasteiger partial charge is 0.232 e. The van der Waals surface area contributed by atoms with Crippen molar-refractivity contribution in [3.8, 4) is 0 Å². The summed E-state index contributed by atoms with van der Waals surface area (Å²) in [6.07, 6.45) is 6.01. The maximum atomic E-state index is 13.9. The summed E-state index contributed by atoms with van der Waals surface area (Å²) in [5.41, 5.74) is 4.39. The zero-order chi connectivity index (χ0) is 23.1. The molecule has 1 amide bonds. The molecule has 2 aliphatic heterocycles. The van der Waals surface area contributed by atoms with Gasteiger partial charge < -0.3 is 20.1 Å². The molecule has 2 unspecified atom stereocenters. The zero-order valence-electron chi connectivity index (χ0n) is 19.5. The number of H-pyrrole nitrogens is 1. The first-order valence-corrected chi connectivity index (χ1v) is 12.3. The number of anilines is 1. The van der Waals surface area contributed by atoms with Gasteiger partial charge in [-0.2, -0.15) is 0 Å². The quantitative estimate of drug-likeness (QED) is 0.563. The highest BCUT2D eigenvalue weighted by Crippen LogP contribution is 2.37. The Morgan fingerprint density at radius 1 is 1.18 bits per heavy atom. The Morgan fingerprint density at radius 2 is 1.88 bits per heavy atom. The van der Waals surface area contributed by atoms with Crippen LogP contribution >= 0.6 is 11.6 Å². The Labute approximate surface area is 200 Å². The molecular weight excluding hydrogens is 434 g/mol. The van der Waals surface area contributed by atoms with E-state index in [0.29, 0.717) is 17.6 Å². The van der Waals surface area contributed by atoms with Crippen molar-refractivity contribution < 1.29 is 4.79 Å². The van der Waals surface area contributed by atoms with Crippen LogP contribution < -0.4 is 10.2 Å². The van der Waals surface area contributed by atoms with Gasteiger partial charge in [-0.1, -0.05) is 37.6 Å². The van der Waals surface area contributed by atoms with Crippen molar-refractivity contribution in [2.75, 3.05) is 24.5 Å². The topological polar surface area (TPSA) is 64.3 Å². The number of carbonyl (C=O) groups excluding carboxylic acids is 1. The molecule has 2 saturated heterocycles. The van der Waals surface area contributed by atoms with Crippen molar-refractivity contribution in [3.63, 3.8) is 0 Å². The van der Waals surface area contributed by atoms with Gasteiger partial charge in [-0.15, -0.1) is 0 Å². The molecule has 0 radical (unpaired) electrons. The van der Waals surface area contributed by atoms with E-state index in [1.807, 2.05) is 36.7 Å². The molecule has 0 aliphatic carbocycles. The van der Waals surface area contributed by atoms with Gasteiger partial charge in [0.2, 0.25) is 5.91 Å². The molecule has 0 saturated carbocycles. The fourth-order valence-electron chi connectivity index (χ4n) is 5.50. The number of halogens is 1. The predicted molar refractivity (Wildman–Crippen MR) is 134 cm³/mol. The highest BCUT2D eigenvalue weighted by molar-refractivity contribution is 6.30. The summed E-state index contributed by atoms with van der Waals surface area (Å²) < 4.78 is 0. The van der Waals surface area contributed by atoms with Gasteiger partial charge in [0.15, 0.2) is 0 Å². The summed E-state index contributed by atoms with van der Waals surface area (Å²) in [4.78, 5) is 26.4. The first-order chi connectivity index (χ1) is 15.9. The monoisotopic (exact) mass is 465 g/mol. The number of aromatic nitrogens is 2. The van der Waals surface area contributed by atoms with Crippen LogP contribution in [0.2, 0.25) is 5.02 Å². The Morgan fingerprint density at radius 3 is 2.55 bits per heavy atom. The number of fused-ring (bicyclic) bond motifs is 3. The van der Waals surface area contributed by atoms with E-state index in [2.05, 4.69) is 51.9 Å². The number of rotatable bonds is 6. The Balaban J connectivity index is 1.40. The number of aryl methyl sites for hydroxylation is 1. The first kappa shape index (κ1) is 22.2. The summed E-state index contributed by atoms with van der Waals surface area (Å²) in [5, 5.41) is 5.37. The number of hydrogen-bond acceptors (Lipinski definition) is 4. The van der Waals surface area contributed by atoms with Crippen LogP contribution in [0.4, 0.5) is 5.69 Å². The maximum absolute atomic E-state index is 13.9. The molecular formula is C26H32ClN5O. The van der Waals surface area contributed by atoms with Gasteiger partial charge in [-0.05, 0) is 49.1 Å². The Bertz CT molecular complexity index is 1130. The zero-order valence-corrected chi connectivity index (χ0v) is 20.3. The molecule has 2 fully saturated rings. The molecule has 5 rings (SSSR count). The molecule has 3 atom stereocenters. The maximum Gasteiger partial charge on any atom is 0.232 e. The van der Waals surface area contributed by atoms with E-state index in [4.69, 9.17) is 11.6 Å². The van der Waals surface area contributed by atoms with Crippen LogP contribution in [0.1, 0.15) is 43.7 Å². The molecule has 7 heteroatoms. The summed E-state index contributed by atoms with van der Waals surface area (Å²) in [6, 6.07) is 10.6. The predicted octanol–water partition coefficient (Wildman–Crippen LogP) is 4.49. The van der Waals surface area contributed by atoms with E-state index < -0.39 is 0 Å². The number of pyridine rings is 1. The van der Waals surface area contributed by atoms with Crippen molar-refractivity contribution in [2.45, 2.75) is 57.7 Å². The van der Waals surface area contributed by atoms with Crippen LogP contribution in [0.15, 0.2) is 42.7 Å². The normalized spacial score (nSPS) is 21.2. The minimum Gasteiger partial charge on any atom is -0.367 e. The molecule has 2 aromatic heterocycles. The van der Waals surface area contributed by atoms with Crippen molar-refractivity contribution in [1.82, 2.24) is 20.2 Å². The summed E-state index contributed by atoms with van der Waals surface area (Å²) in [7, 11) is 0. The number of benzene rings is 1. The molecule has 1 aromatic carbocycles. The summed E-state index contributed by atoms with van der Waals surface area (Å²) in [5.74, 6) is 0.0224. The van der Waals surface area contributed by atoms with Crippen LogP contribution in [-0.2, 0) is 4.79 Å². The average molecular weight is 466 g/mol. The van der Waals surface area contributed by atoms with Crippen LogP contribution in [-0.4, -0.2) is 58.5 Å². The molecule has 0 spiro atoms. The van der Waals surface area contributed by atoms with Crippen molar-refractivity contribution in [1.29, 1.82) is 0 Å². The average Bonchev–Trinajstić information content (AvgIpc) is 3.31. The minimum absolute atomic E-state index is 0.209. The number of piperazine rings is 1. The fraction of sp³-hybridized carbons (Fsp3) is 0.462. The largest absolute Gasteiger partial charge is 0.367 e. The van der Waals surface area contributed by atoms with Gasteiger partial charge in [0.1, 0.15) is 5.65 Å². The van der Waals surface area contributed by atoms with Gasteiger partial charge in [-0.25, -0.2) is 4.98 Å². The third-order valence-corrected chi connectivity index (χ3v) is 7.38. The number of carbonyl (C=O) groups is 1. The van der Waals surface area contributed by atoms with Crippen LogP contribution in [0.3, 0.4) is 0 Å². The highest BCUT2D eigenvalue weighted by atomic mass is 35.5. The number of nitrogens with zero attached hydrogens (tertiary/aromatic N) is 3. The first-order valence-electron chi connectivity index (χ1n) is 11.9. The van der Waals surface area contributed by atoms with E-state index in [1.165, 1.54) is 16.6 Å². The second-order valence-electron chi connectivity index (χ2n) is 9.73. The standard InChI is InChI=1S/C26H32ClN5O/c1-16(2)29-13-22(18-4-6-19(27)7-5-18)26(33)32-20-8-9-21(32)15-31(14-20)23-10-11-28-25-24(23)17(3)12-30-25/h4-7,10-12,16,20-22,29H,8-9,13-15H2,1-3H3,(H,28,30)/t20?,21?,22-/m1/s1. The molecule has 174 valence electrons. The second-order valence-corrected chi connectivity index (χ2v) is 10.2. The van der Waals surface area contributed by atoms with Gasteiger partial charge in [0.25, 0.3) is 0 Å². The van der Waals surface area contributed by atoms with E-state index in [9.17, 15) is 4.79 Å². The van der Waals surface area contributed by atoms with Gasteiger partial charge in [0.05, 0.1) is 5.92 Å².